The van der Waals surface area contributed by atoms with E-state index in [0.717, 1.165) is 18.7 Å². The Bertz CT molecular complexity index is 336. The van der Waals surface area contributed by atoms with E-state index in [2.05, 4.69) is 4.90 Å². The Balaban J connectivity index is 0.000000686. The second kappa shape index (κ2) is 7.23. The average Bonchev–Trinajstić information content (AvgIpc) is 2.85. The van der Waals surface area contributed by atoms with Crippen molar-refractivity contribution in [3.05, 3.63) is 35.4 Å². The first-order valence-corrected chi connectivity index (χ1v) is 6.58. The summed E-state index contributed by atoms with van der Waals surface area (Å²) in [5.41, 5.74) is 2.04. The van der Waals surface area contributed by atoms with Crippen LogP contribution in [0.3, 0.4) is 0 Å². The van der Waals surface area contributed by atoms with Crippen LogP contribution >= 0.6 is 0 Å². The second-order valence-electron chi connectivity index (χ2n) is 4.27. The Morgan fingerprint density at radius 2 is 1.65 bits per heavy atom. The fourth-order valence-corrected chi connectivity index (χ4v) is 1.97. The quantitative estimate of drug-likeness (QED) is 0.747. The molecule has 0 atom stereocenters. The van der Waals surface area contributed by atoms with Gasteiger partial charge in [-0.1, -0.05) is 43.7 Å². The highest BCUT2D eigenvalue weighted by molar-refractivity contribution is 5.97. The summed E-state index contributed by atoms with van der Waals surface area (Å²) in [5.74, 6) is 0.247. The molecule has 0 bridgehead atoms. The Morgan fingerprint density at radius 1 is 1.12 bits per heavy atom. The third-order valence-corrected chi connectivity index (χ3v) is 2.94. The van der Waals surface area contributed by atoms with Crippen molar-refractivity contribution in [2.24, 2.45) is 0 Å². The summed E-state index contributed by atoms with van der Waals surface area (Å²) in [5, 5.41) is 0. The van der Waals surface area contributed by atoms with Crippen molar-refractivity contribution in [2.75, 3.05) is 19.6 Å². The number of carbonyl (C=O) groups excluding carboxylic acids is 1. The lowest BCUT2D eigenvalue weighted by molar-refractivity contribution is 0.0945. The molecule has 0 N–H and O–H groups in total. The Kier molecular flexibility index (Phi) is 5.92. The standard InChI is InChI=1S/C13H17NO.C2H6/c1-11-4-6-12(7-5-11)13(15)10-14-8-2-3-9-14;1-2/h4-7H,2-3,8-10H2,1H3;1-2H3. The lowest BCUT2D eigenvalue weighted by Gasteiger charge is -2.13. The highest BCUT2D eigenvalue weighted by Gasteiger charge is 2.15. The number of likely N-dealkylation sites (tertiary alicyclic amines) is 1. The van der Waals surface area contributed by atoms with Gasteiger partial charge in [0.2, 0.25) is 0 Å². The van der Waals surface area contributed by atoms with Crippen LogP contribution in [0.4, 0.5) is 0 Å². The Hall–Kier alpha value is -1.15. The van der Waals surface area contributed by atoms with Gasteiger partial charge in [-0.2, -0.15) is 0 Å². The van der Waals surface area contributed by atoms with Gasteiger partial charge in [0.15, 0.2) is 5.78 Å². The van der Waals surface area contributed by atoms with Crippen LogP contribution in [0.2, 0.25) is 0 Å². The van der Waals surface area contributed by atoms with Gasteiger partial charge in [0.1, 0.15) is 0 Å². The van der Waals surface area contributed by atoms with Gasteiger partial charge in [0, 0.05) is 5.56 Å². The van der Waals surface area contributed by atoms with E-state index in [-0.39, 0.29) is 5.78 Å². The topological polar surface area (TPSA) is 20.3 Å². The number of aryl methyl sites for hydroxylation is 1. The number of nitrogens with zero attached hydrogens (tertiary/aromatic N) is 1. The van der Waals surface area contributed by atoms with Gasteiger partial charge in [0.25, 0.3) is 0 Å². The smallest absolute Gasteiger partial charge is 0.176 e. The molecule has 1 fully saturated rings. The minimum atomic E-state index is 0.247. The molecule has 1 heterocycles. The molecule has 0 aliphatic carbocycles. The molecule has 2 nitrogen and oxygen atoms in total. The van der Waals surface area contributed by atoms with E-state index < -0.39 is 0 Å². The summed E-state index contributed by atoms with van der Waals surface area (Å²) in [4.78, 5) is 14.1. The van der Waals surface area contributed by atoms with Gasteiger partial charge >= 0.3 is 0 Å². The number of hydrogen-bond donors (Lipinski definition) is 0. The van der Waals surface area contributed by atoms with Gasteiger partial charge in [-0.3, -0.25) is 9.69 Å². The maximum Gasteiger partial charge on any atom is 0.176 e. The van der Waals surface area contributed by atoms with Crippen molar-refractivity contribution in [1.82, 2.24) is 4.90 Å². The third-order valence-electron chi connectivity index (χ3n) is 2.94. The van der Waals surface area contributed by atoms with E-state index in [1.54, 1.807) is 0 Å². The van der Waals surface area contributed by atoms with Crippen molar-refractivity contribution in [3.63, 3.8) is 0 Å². The molecule has 0 spiro atoms. The van der Waals surface area contributed by atoms with Crippen LogP contribution in [0, 0.1) is 6.92 Å². The number of hydrogen-bond acceptors (Lipinski definition) is 2. The lowest BCUT2D eigenvalue weighted by Crippen LogP contribution is -2.26. The molecule has 0 radical (unpaired) electrons. The largest absolute Gasteiger partial charge is 0.296 e. The number of carbonyl (C=O) groups is 1. The molecular weight excluding hydrogens is 210 g/mol. The summed E-state index contributed by atoms with van der Waals surface area (Å²) in [6.07, 6.45) is 2.47. The van der Waals surface area contributed by atoms with E-state index >= 15 is 0 Å². The van der Waals surface area contributed by atoms with Crippen molar-refractivity contribution in [1.29, 1.82) is 0 Å². The minimum absolute atomic E-state index is 0.247. The van der Waals surface area contributed by atoms with Crippen LogP contribution in [0.25, 0.3) is 0 Å². The molecule has 0 saturated carbocycles. The maximum absolute atomic E-state index is 11.9. The molecule has 0 aromatic heterocycles. The van der Waals surface area contributed by atoms with Crippen molar-refractivity contribution in [3.8, 4) is 0 Å². The van der Waals surface area contributed by atoms with Gasteiger partial charge in [-0.25, -0.2) is 0 Å². The molecule has 0 amide bonds. The summed E-state index contributed by atoms with van der Waals surface area (Å²) >= 11 is 0. The highest BCUT2D eigenvalue weighted by atomic mass is 16.1. The highest BCUT2D eigenvalue weighted by Crippen LogP contribution is 2.10. The van der Waals surface area contributed by atoms with Gasteiger partial charge < -0.3 is 0 Å². The zero-order valence-corrected chi connectivity index (χ0v) is 11.2. The summed E-state index contributed by atoms with van der Waals surface area (Å²) in [6.45, 7) is 8.78. The third kappa shape index (κ3) is 4.31. The van der Waals surface area contributed by atoms with E-state index in [9.17, 15) is 4.79 Å². The van der Waals surface area contributed by atoms with E-state index in [1.165, 1.54) is 18.4 Å². The average molecular weight is 233 g/mol. The molecule has 1 aliphatic heterocycles. The normalized spacial score (nSPS) is 15.2. The van der Waals surface area contributed by atoms with Crippen LogP contribution in [-0.4, -0.2) is 30.3 Å². The number of Topliss-reactive ketones (excluding diaryl/α,β-unsaturated/α-hetero) is 1. The fourth-order valence-electron chi connectivity index (χ4n) is 1.97. The van der Waals surface area contributed by atoms with Crippen molar-refractivity contribution >= 4 is 5.78 Å². The van der Waals surface area contributed by atoms with E-state index in [4.69, 9.17) is 0 Å². The summed E-state index contributed by atoms with van der Waals surface area (Å²) in [6, 6.07) is 7.84. The Labute approximate surface area is 105 Å². The molecule has 0 unspecified atom stereocenters. The first kappa shape index (κ1) is 13.9. The van der Waals surface area contributed by atoms with Crippen LogP contribution < -0.4 is 0 Å². The molecule has 2 rings (SSSR count). The monoisotopic (exact) mass is 233 g/mol. The number of benzene rings is 1. The Morgan fingerprint density at radius 3 is 2.18 bits per heavy atom. The van der Waals surface area contributed by atoms with Gasteiger partial charge in [-0.05, 0) is 32.9 Å². The minimum Gasteiger partial charge on any atom is -0.296 e. The summed E-state index contributed by atoms with van der Waals surface area (Å²) in [7, 11) is 0. The molecule has 94 valence electrons. The predicted molar refractivity (Wildman–Crippen MR) is 72.5 cm³/mol. The zero-order valence-electron chi connectivity index (χ0n) is 11.2. The van der Waals surface area contributed by atoms with Crippen LogP contribution in [-0.2, 0) is 0 Å². The molecule has 1 aliphatic rings. The van der Waals surface area contributed by atoms with Crippen LogP contribution in [0.1, 0.15) is 42.6 Å². The molecule has 17 heavy (non-hydrogen) atoms. The fraction of sp³-hybridized carbons (Fsp3) is 0.533. The SMILES string of the molecule is CC.Cc1ccc(C(=O)CN2CCCC2)cc1. The first-order valence-electron chi connectivity index (χ1n) is 6.58. The van der Waals surface area contributed by atoms with Crippen LogP contribution in [0.15, 0.2) is 24.3 Å². The molecular formula is C15H23NO. The summed E-state index contributed by atoms with van der Waals surface area (Å²) < 4.78 is 0. The molecule has 2 heteroatoms. The first-order chi connectivity index (χ1) is 8.25. The van der Waals surface area contributed by atoms with E-state index in [0.29, 0.717) is 6.54 Å². The number of ketones is 1. The molecule has 1 aromatic carbocycles. The van der Waals surface area contributed by atoms with Gasteiger partial charge in [-0.15, -0.1) is 0 Å². The molecule has 1 aromatic rings. The van der Waals surface area contributed by atoms with Crippen LogP contribution in [0.5, 0.6) is 0 Å². The zero-order chi connectivity index (χ0) is 12.7. The van der Waals surface area contributed by atoms with Crippen molar-refractivity contribution < 1.29 is 4.79 Å². The predicted octanol–water partition coefficient (Wildman–Crippen LogP) is 3.30. The van der Waals surface area contributed by atoms with Gasteiger partial charge in [0.05, 0.1) is 6.54 Å². The van der Waals surface area contributed by atoms with Crippen molar-refractivity contribution in [2.45, 2.75) is 33.6 Å². The maximum atomic E-state index is 11.9. The van der Waals surface area contributed by atoms with E-state index in [1.807, 2.05) is 45.0 Å². The number of rotatable bonds is 3. The molecule has 1 saturated heterocycles. The second-order valence-corrected chi connectivity index (χ2v) is 4.27. The lowest BCUT2D eigenvalue weighted by atomic mass is 10.1.